The Kier molecular flexibility index (Phi) is 3.00. The summed E-state index contributed by atoms with van der Waals surface area (Å²) in [7, 11) is 0. The number of nitrogens with one attached hydrogen (secondary N) is 1. The van der Waals surface area contributed by atoms with Crippen molar-refractivity contribution in [1.82, 2.24) is 9.99 Å². The second kappa shape index (κ2) is 4.80. The van der Waals surface area contributed by atoms with Gasteiger partial charge in [0.15, 0.2) is 0 Å². The molecule has 1 aliphatic rings. The van der Waals surface area contributed by atoms with E-state index in [-0.39, 0.29) is 0 Å². The summed E-state index contributed by atoms with van der Waals surface area (Å²) in [5.74, 6) is 0. The van der Waals surface area contributed by atoms with E-state index in [9.17, 15) is 0 Å². The maximum absolute atomic E-state index is 5.77. The first-order valence-corrected chi connectivity index (χ1v) is 6.06. The third-order valence-electron chi connectivity index (χ3n) is 3.06. The topological polar surface area (TPSA) is 63.4 Å². The van der Waals surface area contributed by atoms with Crippen LogP contribution in [0.2, 0.25) is 0 Å². The van der Waals surface area contributed by atoms with Crippen molar-refractivity contribution in [3.8, 4) is 0 Å². The van der Waals surface area contributed by atoms with Crippen LogP contribution in [0.4, 0.5) is 11.4 Å². The third kappa shape index (κ3) is 2.23. The van der Waals surface area contributed by atoms with Gasteiger partial charge in [-0.1, -0.05) is 0 Å². The summed E-state index contributed by atoms with van der Waals surface area (Å²) in [6.45, 7) is 3.31. The number of aromatic nitrogens is 1. The van der Waals surface area contributed by atoms with Crippen molar-refractivity contribution in [2.45, 2.75) is 0 Å². The van der Waals surface area contributed by atoms with Crippen LogP contribution >= 0.6 is 0 Å². The molecule has 0 atom stereocenters. The minimum atomic E-state index is 0.735. The largest absolute Gasteiger partial charge is 0.399 e. The van der Waals surface area contributed by atoms with Gasteiger partial charge in [-0.05, 0) is 24.3 Å². The molecule has 0 radical (unpaired) electrons. The maximum atomic E-state index is 5.77. The van der Waals surface area contributed by atoms with E-state index in [0.717, 1.165) is 48.6 Å². The number of morpholine rings is 1. The van der Waals surface area contributed by atoms with Gasteiger partial charge in [-0.2, -0.15) is 0 Å². The van der Waals surface area contributed by atoms with Gasteiger partial charge in [0.2, 0.25) is 0 Å². The molecular formula is C13H16N4O. The number of nitrogens with zero attached hydrogens (tertiary/aromatic N) is 2. The molecular weight excluding hydrogens is 228 g/mol. The SMILES string of the molecule is Nc1ccc2c(NN3CCOCC3)ccnc2c1. The number of benzene rings is 1. The Bertz CT molecular complexity index is 552. The highest BCUT2D eigenvalue weighted by Gasteiger charge is 2.11. The van der Waals surface area contributed by atoms with Crippen LogP contribution in [0.5, 0.6) is 0 Å². The molecule has 1 saturated heterocycles. The fourth-order valence-corrected chi connectivity index (χ4v) is 2.11. The average molecular weight is 244 g/mol. The fraction of sp³-hybridized carbons (Fsp3) is 0.308. The van der Waals surface area contributed by atoms with Crippen molar-refractivity contribution >= 4 is 22.3 Å². The minimum absolute atomic E-state index is 0.735. The first-order valence-electron chi connectivity index (χ1n) is 6.06. The molecule has 0 saturated carbocycles. The number of nitrogens with two attached hydrogens (primary N) is 1. The van der Waals surface area contributed by atoms with Gasteiger partial charge in [0, 0.05) is 30.4 Å². The Morgan fingerprint density at radius 1 is 1.22 bits per heavy atom. The van der Waals surface area contributed by atoms with E-state index < -0.39 is 0 Å². The van der Waals surface area contributed by atoms with E-state index in [4.69, 9.17) is 10.5 Å². The summed E-state index contributed by atoms with van der Waals surface area (Å²) >= 11 is 0. The van der Waals surface area contributed by atoms with Crippen molar-refractivity contribution in [3.63, 3.8) is 0 Å². The summed E-state index contributed by atoms with van der Waals surface area (Å²) in [4.78, 5) is 4.33. The maximum Gasteiger partial charge on any atom is 0.0743 e. The summed E-state index contributed by atoms with van der Waals surface area (Å²) in [6, 6.07) is 7.77. The van der Waals surface area contributed by atoms with E-state index in [2.05, 4.69) is 15.4 Å². The molecule has 18 heavy (non-hydrogen) atoms. The minimum Gasteiger partial charge on any atom is -0.399 e. The fourth-order valence-electron chi connectivity index (χ4n) is 2.11. The lowest BCUT2D eigenvalue weighted by Crippen LogP contribution is -2.40. The van der Waals surface area contributed by atoms with Crippen molar-refractivity contribution in [2.24, 2.45) is 0 Å². The normalized spacial score (nSPS) is 16.9. The zero-order chi connectivity index (χ0) is 12.4. The second-order valence-electron chi connectivity index (χ2n) is 4.35. The van der Waals surface area contributed by atoms with Crippen molar-refractivity contribution in [1.29, 1.82) is 0 Å². The number of hydrazine groups is 1. The Morgan fingerprint density at radius 3 is 2.89 bits per heavy atom. The molecule has 5 nitrogen and oxygen atoms in total. The van der Waals surface area contributed by atoms with E-state index >= 15 is 0 Å². The number of fused-ring (bicyclic) bond motifs is 1. The Morgan fingerprint density at radius 2 is 2.06 bits per heavy atom. The molecule has 0 unspecified atom stereocenters. The zero-order valence-corrected chi connectivity index (χ0v) is 10.1. The number of anilines is 2. The lowest BCUT2D eigenvalue weighted by molar-refractivity contribution is 0.0497. The van der Waals surface area contributed by atoms with E-state index in [1.54, 1.807) is 6.20 Å². The molecule has 3 N–H and O–H groups in total. The van der Waals surface area contributed by atoms with Crippen LogP contribution in [0.25, 0.3) is 10.9 Å². The van der Waals surface area contributed by atoms with Crippen LogP contribution < -0.4 is 11.2 Å². The highest BCUT2D eigenvalue weighted by atomic mass is 16.5. The predicted molar refractivity (Wildman–Crippen MR) is 72.2 cm³/mol. The predicted octanol–water partition coefficient (Wildman–Crippen LogP) is 1.48. The van der Waals surface area contributed by atoms with Gasteiger partial charge in [-0.15, -0.1) is 0 Å². The molecule has 1 aliphatic heterocycles. The number of hydrogen-bond acceptors (Lipinski definition) is 5. The van der Waals surface area contributed by atoms with E-state index in [1.165, 1.54) is 0 Å². The molecule has 0 bridgehead atoms. The molecule has 3 rings (SSSR count). The molecule has 1 fully saturated rings. The van der Waals surface area contributed by atoms with Crippen LogP contribution in [-0.4, -0.2) is 36.3 Å². The summed E-state index contributed by atoms with van der Waals surface area (Å²) in [5, 5.41) is 3.24. The molecule has 5 heteroatoms. The molecule has 0 amide bonds. The number of rotatable bonds is 2. The highest BCUT2D eigenvalue weighted by Crippen LogP contribution is 2.23. The standard InChI is InChI=1S/C13H16N4O/c14-10-1-2-11-12(3-4-15-13(11)9-10)16-17-5-7-18-8-6-17/h1-4,9H,5-8,14H2,(H,15,16). The Balaban J connectivity index is 1.91. The van der Waals surface area contributed by atoms with Gasteiger partial charge in [0.05, 0.1) is 24.4 Å². The van der Waals surface area contributed by atoms with Gasteiger partial charge in [0.25, 0.3) is 0 Å². The number of hydrogen-bond donors (Lipinski definition) is 2. The van der Waals surface area contributed by atoms with Gasteiger partial charge in [-0.3, -0.25) is 4.98 Å². The highest BCUT2D eigenvalue weighted by molar-refractivity contribution is 5.92. The quantitative estimate of drug-likeness (QED) is 0.783. The van der Waals surface area contributed by atoms with Gasteiger partial charge < -0.3 is 15.9 Å². The van der Waals surface area contributed by atoms with Gasteiger partial charge in [-0.25, -0.2) is 5.01 Å². The zero-order valence-electron chi connectivity index (χ0n) is 10.1. The molecule has 2 heterocycles. The molecule has 1 aromatic heterocycles. The molecule has 0 spiro atoms. The number of pyridine rings is 1. The summed E-state index contributed by atoms with van der Waals surface area (Å²) in [6.07, 6.45) is 1.80. The lowest BCUT2D eigenvalue weighted by Gasteiger charge is -2.28. The first kappa shape index (κ1) is 11.3. The van der Waals surface area contributed by atoms with Crippen LogP contribution in [0.3, 0.4) is 0 Å². The number of ether oxygens (including phenoxy) is 1. The summed E-state index contributed by atoms with van der Waals surface area (Å²) < 4.78 is 5.33. The van der Waals surface area contributed by atoms with Crippen molar-refractivity contribution in [3.05, 3.63) is 30.5 Å². The first-order chi connectivity index (χ1) is 8.83. The van der Waals surface area contributed by atoms with Crippen LogP contribution in [-0.2, 0) is 4.74 Å². The molecule has 0 aliphatic carbocycles. The van der Waals surface area contributed by atoms with Crippen molar-refractivity contribution < 1.29 is 4.74 Å². The van der Waals surface area contributed by atoms with Gasteiger partial charge >= 0.3 is 0 Å². The molecule has 1 aromatic carbocycles. The van der Waals surface area contributed by atoms with E-state index in [0.29, 0.717) is 0 Å². The van der Waals surface area contributed by atoms with Crippen LogP contribution in [0.1, 0.15) is 0 Å². The molecule has 2 aromatic rings. The summed E-state index contributed by atoms with van der Waals surface area (Å²) in [5.41, 5.74) is 11.9. The van der Waals surface area contributed by atoms with Gasteiger partial charge in [0.1, 0.15) is 0 Å². The van der Waals surface area contributed by atoms with Crippen LogP contribution in [0, 0.1) is 0 Å². The van der Waals surface area contributed by atoms with Crippen molar-refractivity contribution in [2.75, 3.05) is 37.5 Å². The average Bonchev–Trinajstić information content (AvgIpc) is 2.40. The smallest absolute Gasteiger partial charge is 0.0743 e. The third-order valence-corrected chi connectivity index (χ3v) is 3.06. The Hall–Kier alpha value is -1.85. The second-order valence-corrected chi connectivity index (χ2v) is 4.35. The van der Waals surface area contributed by atoms with E-state index in [1.807, 2.05) is 24.3 Å². The monoisotopic (exact) mass is 244 g/mol. The lowest BCUT2D eigenvalue weighted by atomic mass is 10.2. The van der Waals surface area contributed by atoms with Crippen LogP contribution in [0.15, 0.2) is 30.5 Å². The molecule has 94 valence electrons. The number of nitrogen functional groups attached to an aromatic ring is 1. The Labute approximate surface area is 106 Å².